The predicted molar refractivity (Wildman–Crippen MR) is 53.1 cm³/mol. The molecule has 1 N–H and O–H groups in total. The molecule has 4 nitrogen and oxygen atoms in total. The lowest BCUT2D eigenvalue weighted by molar-refractivity contribution is 0.249. The molecule has 2 heterocycles. The largest absolute Gasteiger partial charge is 0.439 e. The van der Waals surface area contributed by atoms with Gasteiger partial charge in [0.15, 0.2) is 0 Å². The molecule has 2 aromatic rings. The van der Waals surface area contributed by atoms with Gasteiger partial charge in [-0.15, -0.1) is 5.10 Å². The van der Waals surface area contributed by atoms with E-state index < -0.39 is 0 Å². The zero-order chi connectivity index (χ0) is 10.3. The summed E-state index contributed by atoms with van der Waals surface area (Å²) in [6.07, 6.45) is 0. The summed E-state index contributed by atoms with van der Waals surface area (Å²) in [4.78, 5) is 0. The zero-order valence-corrected chi connectivity index (χ0v) is 8.66. The minimum absolute atomic E-state index is 0.0617. The number of nitrogens with zero attached hydrogens (tertiary/aromatic N) is 2. The first-order valence-corrected chi connectivity index (χ1v) is 4.75. The van der Waals surface area contributed by atoms with Crippen molar-refractivity contribution in [2.45, 2.75) is 33.9 Å². The number of hydrogen-bond acceptors (Lipinski definition) is 3. The van der Waals surface area contributed by atoms with Gasteiger partial charge in [-0.1, -0.05) is 0 Å². The fourth-order valence-electron chi connectivity index (χ4n) is 1.81. The van der Waals surface area contributed by atoms with Crippen LogP contribution in [0.5, 0.6) is 0 Å². The number of aromatic nitrogens is 2. The van der Waals surface area contributed by atoms with E-state index in [0.717, 1.165) is 23.2 Å². The Morgan fingerprint density at radius 1 is 1.43 bits per heavy atom. The molecule has 0 radical (unpaired) electrons. The topological polar surface area (TPSA) is 51.2 Å². The molecule has 0 aliphatic carbocycles. The van der Waals surface area contributed by atoms with E-state index in [9.17, 15) is 0 Å². The van der Waals surface area contributed by atoms with Gasteiger partial charge in [-0.2, -0.15) is 0 Å². The molecule has 0 amide bonds. The molecular weight excluding hydrogens is 180 g/mol. The quantitative estimate of drug-likeness (QED) is 0.792. The van der Waals surface area contributed by atoms with E-state index in [1.807, 2.05) is 25.5 Å². The third kappa shape index (κ3) is 1.07. The van der Waals surface area contributed by atoms with Crippen LogP contribution in [-0.4, -0.2) is 14.9 Å². The molecule has 0 aliphatic heterocycles. The fourth-order valence-corrected chi connectivity index (χ4v) is 1.81. The number of aryl methyl sites for hydroxylation is 3. The predicted octanol–water partition coefficient (Wildman–Crippen LogP) is 1.76. The van der Waals surface area contributed by atoms with Gasteiger partial charge in [0, 0.05) is 17.8 Å². The first-order chi connectivity index (χ1) is 6.69. The van der Waals surface area contributed by atoms with E-state index in [1.165, 1.54) is 0 Å². The number of aliphatic hydroxyl groups excluding tert-OH is 1. The van der Waals surface area contributed by atoms with Crippen LogP contribution >= 0.6 is 0 Å². The van der Waals surface area contributed by atoms with Crippen molar-refractivity contribution < 1.29 is 9.52 Å². The minimum Gasteiger partial charge on any atom is -0.439 e. The highest BCUT2D eigenvalue weighted by Crippen LogP contribution is 2.27. The third-order valence-corrected chi connectivity index (χ3v) is 2.63. The van der Waals surface area contributed by atoms with Crippen LogP contribution < -0.4 is 0 Å². The number of furan rings is 1. The van der Waals surface area contributed by atoms with Crippen molar-refractivity contribution >= 4 is 11.1 Å². The minimum atomic E-state index is -0.0617. The lowest BCUT2D eigenvalue weighted by atomic mass is 10.2. The summed E-state index contributed by atoms with van der Waals surface area (Å²) >= 11 is 0. The second-order valence-corrected chi connectivity index (χ2v) is 3.39. The van der Waals surface area contributed by atoms with Gasteiger partial charge in [-0.25, -0.2) is 0 Å². The molecule has 0 bridgehead atoms. The second kappa shape index (κ2) is 3.13. The van der Waals surface area contributed by atoms with Crippen molar-refractivity contribution in [1.29, 1.82) is 0 Å². The lowest BCUT2D eigenvalue weighted by Gasteiger charge is -1.98. The number of fused-ring (bicyclic) bond motifs is 1. The molecule has 0 saturated heterocycles. The van der Waals surface area contributed by atoms with Crippen molar-refractivity contribution in [1.82, 2.24) is 9.78 Å². The molecule has 0 aliphatic rings. The maximum atomic E-state index is 9.03. The van der Waals surface area contributed by atoms with Crippen molar-refractivity contribution in [2.75, 3.05) is 0 Å². The summed E-state index contributed by atoms with van der Waals surface area (Å²) in [5.41, 5.74) is 2.73. The van der Waals surface area contributed by atoms with E-state index in [-0.39, 0.29) is 6.61 Å². The van der Waals surface area contributed by atoms with Gasteiger partial charge in [0.2, 0.25) is 5.71 Å². The van der Waals surface area contributed by atoms with Crippen LogP contribution in [0.4, 0.5) is 0 Å². The Morgan fingerprint density at radius 2 is 2.14 bits per heavy atom. The van der Waals surface area contributed by atoms with Gasteiger partial charge in [-0.05, 0) is 20.8 Å². The van der Waals surface area contributed by atoms with Crippen LogP contribution in [0.1, 0.15) is 23.9 Å². The zero-order valence-electron chi connectivity index (χ0n) is 8.66. The normalized spacial score (nSPS) is 11.4. The van der Waals surface area contributed by atoms with Gasteiger partial charge in [0.05, 0.1) is 5.39 Å². The number of aliphatic hydroxyl groups is 1. The molecule has 0 unspecified atom stereocenters. The number of hydrogen-bond donors (Lipinski definition) is 1. The summed E-state index contributed by atoms with van der Waals surface area (Å²) in [6.45, 7) is 6.79. The Kier molecular flexibility index (Phi) is 2.07. The average Bonchev–Trinajstić information content (AvgIpc) is 2.65. The van der Waals surface area contributed by atoms with Crippen molar-refractivity contribution in [3.05, 3.63) is 17.0 Å². The van der Waals surface area contributed by atoms with Crippen molar-refractivity contribution in [3.63, 3.8) is 0 Å². The summed E-state index contributed by atoms with van der Waals surface area (Å²) in [5.74, 6) is 0.619. The summed E-state index contributed by atoms with van der Waals surface area (Å²) in [5, 5.41) is 14.4. The van der Waals surface area contributed by atoms with Crippen LogP contribution in [0.3, 0.4) is 0 Å². The average molecular weight is 194 g/mol. The van der Waals surface area contributed by atoms with E-state index in [0.29, 0.717) is 11.5 Å². The Morgan fingerprint density at radius 3 is 2.64 bits per heavy atom. The molecule has 0 aromatic carbocycles. The highest BCUT2D eigenvalue weighted by Gasteiger charge is 2.16. The maximum absolute atomic E-state index is 9.03. The molecule has 2 aromatic heterocycles. The second-order valence-electron chi connectivity index (χ2n) is 3.39. The molecule has 14 heavy (non-hydrogen) atoms. The van der Waals surface area contributed by atoms with Gasteiger partial charge >= 0.3 is 0 Å². The van der Waals surface area contributed by atoms with Crippen LogP contribution in [0.15, 0.2) is 4.42 Å². The van der Waals surface area contributed by atoms with Crippen molar-refractivity contribution in [3.8, 4) is 0 Å². The standard InChI is InChI=1S/C10H14N2O2/c1-4-12-7(3)9-6(2)8(5-13)14-10(9)11-12/h13H,4-5H2,1-3H3. The molecule has 2 rings (SSSR count). The van der Waals surface area contributed by atoms with Gasteiger partial charge in [-0.3, -0.25) is 4.68 Å². The molecule has 0 atom stereocenters. The highest BCUT2D eigenvalue weighted by molar-refractivity contribution is 5.81. The summed E-state index contributed by atoms with van der Waals surface area (Å²) in [6, 6.07) is 0. The first kappa shape index (κ1) is 9.27. The van der Waals surface area contributed by atoms with E-state index in [4.69, 9.17) is 9.52 Å². The van der Waals surface area contributed by atoms with E-state index >= 15 is 0 Å². The van der Waals surface area contributed by atoms with Crippen LogP contribution in [-0.2, 0) is 13.2 Å². The van der Waals surface area contributed by atoms with Gasteiger partial charge in [0.1, 0.15) is 12.4 Å². The fraction of sp³-hybridized carbons (Fsp3) is 0.500. The van der Waals surface area contributed by atoms with Crippen molar-refractivity contribution in [2.24, 2.45) is 0 Å². The van der Waals surface area contributed by atoms with Gasteiger partial charge < -0.3 is 9.52 Å². The Balaban J connectivity index is 2.73. The molecule has 0 fully saturated rings. The Bertz CT molecular complexity index is 428. The highest BCUT2D eigenvalue weighted by atomic mass is 16.4. The summed E-state index contributed by atoms with van der Waals surface area (Å²) < 4.78 is 7.33. The van der Waals surface area contributed by atoms with E-state index in [2.05, 4.69) is 5.10 Å². The summed E-state index contributed by atoms with van der Waals surface area (Å²) in [7, 11) is 0. The Hall–Kier alpha value is -1.29. The number of rotatable bonds is 2. The molecular formula is C10H14N2O2. The van der Waals surface area contributed by atoms with Gasteiger partial charge in [0.25, 0.3) is 0 Å². The molecule has 76 valence electrons. The third-order valence-electron chi connectivity index (χ3n) is 2.63. The smallest absolute Gasteiger partial charge is 0.246 e. The first-order valence-electron chi connectivity index (χ1n) is 4.75. The van der Waals surface area contributed by atoms with Crippen LogP contribution in [0.2, 0.25) is 0 Å². The monoisotopic (exact) mass is 194 g/mol. The molecule has 0 spiro atoms. The molecule has 4 heteroatoms. The van der Waals surface area contributed by atoms with E-state index in [1.54, 1.807) is 0 Å². The van der Waals surface area contributed by atoms with Crippen LogP contribution in [0, 0.1) is 13.8 Å². The molecule has 0 saturated carbocycles. The SMILES string of the molecule is CCn1nc2oc(CO)c(C)c2c1C. The maximum Gasteiger partial charge on any atom is 0.246 e. The lowest BCUT2D eigenvalue weighted by Crippen LogP contribution is -1.98. The van der Waals surface area contributed by atoms with Crippen LogP contribution in [0.25, 0.3) is 11.1 Å². The Labute approximate surface area is 82.1 Å².